The summed E-state index contributed by atoms with van der Waals surface area (Å²) in [6.07, 6.45) is -16.5. The molecule has 14 heteroatoms. The van der Waals surface area contributed by atoms with Crippen molar-refractivity contribution >= 4 is 6.09 Å². The van der Waals surface area contributed by atoms with Crippen LogP contribution in [0.4, 0.5) is 48.7 Å². The number of ether oxygens (including phenoxy) is 2. The van der Waals surface area contributed by atoms with Crippen LogP contribution in [0.3, 0.4) is 0 Å². The molecule has 0 atom stereocenters. The average molecular weight is 626 g/mol. The second-order valence-corrected chi connectivity index (χ2v) is 9.84. The van der Waals surface area contributed by atoms with Crippen molar-refractivity contribution in [2.45, 2.75) is 51.4 Å². The number of hydrogen-bond acceptors (Lipinski definition) is 3. The summed E-state index contributed by atoms with van der Waals surface area (Å²) in [4.78, 5) is 13.3. The van der Waals surface area contributed by atoms with Crippen molar-refractivity contribution in [3.8, 4) is 16.9 Å². The number of benzene rings is 3. The van der Waals surface area contributed by atoms with Crippen molar-refractivity contribution in [2.75, 3.05) is 14.2 Å². The average Bonchev–Trinajstić information content (AvgIpc) is 2.90. The van der Waals surface area contributed by atoms with Gasteiger partial charge in [0.2, 0.25) is 0 Å². The van der Waals surface area contributed by atoms with Crippen molar-refractivity contribution in [3.05, 3.63) is 87.7 Å². The van der Waals surface area contributed by atoms with Crippen LogP contribution in [0.5, 0.6) is 5.75 Å². The summed E-state index contributed by atoms with van der Waals surface area (Å²) in [5.41, 5.74) is -4.89. The van der Waals surface area contributed by atoms with Gasteiger partial charge in [0.1, 0.15) is 11.6 Å². The van der Waals surface area contributed by atoms with Gasteiger partial charge in [-0.25, -0.2) is 9.18 Å². The summed E-state index contributed by atoms with van der Waals surface area (Å²) in [6.45, 7) is 1.70. The van der Waals surface area contributed by atoms with Crippen LogP contribution in [0.25, 0.3) is 11.1 Å². The summed E-state index contributed by atoms with van der Waals surface area (Å²) in [7, 11) is 2.08. The topological polar surface area (TPSA) is 38.8 Å². The number of methoxy groups -OCH3 is 2. The maximum atomic E-state index is 14.7. The maximum Gasteiger partial charge on any atom is 0.416 e. The molecule has 43 heavy (non-hydrogen) atoms. The molecular formula is C29H25F10NO3. The number of hydrogen-bond donors (Lipinski definition) is 0. The van der Waals surface area contributed by atoms with Gasteiger partial charge in [-0.05, 0) is 64.6 Å². The molecule has 0 spiro atoms. The van der Waals surface area contributed by atoms with Gasteiger partial charge in [0.15, 0.2) is 0 Å². The zero-order valence-electron chi connectivity index (χ0n) is 23.1. The number of carbonyl (C=O) groups is 1. The van der Waals surface area contributed by atoms with E-state index in [1.165, 1.54) is 13.2 Å². The molecule has 0 aliphatic carbocycles. The molecule has 0 radical (unpaired) electrons. The van der Waals surface area contributed by atoms with E-state index >= 15 is 0 Å². The maximum absolute atomic E-state index is 14.7. The Hall–Kier alpha value is -3.97. The van der Waals surface area contributed by atoms with Crippen LogP contribution < -0.4 is 4.74 Å². The fourth-order valence-corrected chi connectivity index (χ4v) is 4.41. The quantitative estimate of drug-likeness (QED) is 0.246. The molecule has 0 aromatic heterocycles. The first-order chi connectivity index (χ1) is 19.8. The summed E-state index contributed by atoms with van der Waals surface area (Å²) in [5, 5.41) is 0. The SMILES string of the molecule is COC(=O)N(Cc1cc(C(F)(F)F)cc(C(F)(F)F)c1)Cc1cc(C(F)(F)F)ccc1-c1cc(C(C)C)c(F)cc1OC. The van der Waals surface area contributed by atoms with Gasteiger partial charge in [-0.1, -0.05) is 19.9 Å². The molecule has 234 valence electrons. The number of carbonyl (C=O) groups excluding carboxylic acids is 1. The van der Waals surface area contributed by atoms with Crippen LogP contribution in [-0.2, 0) is 36.4 Å². The number of alkyl halides is 9. The first kappa shape index (κ1) is 33.5. The molecule has 0 bridgehead atoms. The van der Waals surface area contributed by atoms with Crippen LogP contribution in [-0.4, -0.2) is 25.2 Å². The molecule has 0 saturated heterocycles. The minimum absolute atomic E-state index is 0.0423. The first-order valence-electron chi connectivity index (χ1n) is 12.5. The van der Waals surface area contributed by atoms with E-state index in [4.69, 9.17) is 4.74 Å². The van der Waals surface area contributed by atoms with Crippen molar-refractivity contribution in [1.82, 2.24) is 4.90 Å². The Kier molecular flexibility index (Phi) is 9.62. The third-order valence-electron chi connectivity index (χ3n) is 6.48. The fraction of sp³-hybridized carbons (Fsp3) is 0.345. The normalized spacial score (nSPS) is 12.4. The van der Waals surface area contributed by atoms with E-state index in [1.807, 2.05) is 0 Å². The van der Waals surface area contributed by atoms with Crippen molar-refractivity contribution in [1.29, 1.82) is 0 Å². The van der Waals surface area contributed by atoms with E-state index in [0.29, 0.717) is 23.1 Å². The highest BCUT2D eigenvalue weighted by molar-refractivity contribution is 5.76. The Morgan fingerprint density at radius 1 is 0.744 bits per heavy atom. The number of amides is 1. The Bertz CT molecular complexity index is 1440. The highest BCUT2D eigenvalue weighted by atomic mass is 19.4. The summed E-state index contributed by atoms with van der Waals surface area (Å²) in [5.74, 6) is -1.08. The lowest BCUT2D eigenvalue weighted by Crippen LogP contribution is -2.30. The van der Waals surface area contributed by atoms with Crippen LogP contribution in [0.1, 0.15) is 53.1 Å². The Morgan fingerprint density at radius 2 is 1.30 bits per heavy atom. The predicted octanol–water partition coefficient (Wildman–Crippen LogP) is 9.45. The monoisotopic (exact) mass is 625 g/mol. The lowest BCUT2D eigenvalue weighted by Gasteiger charge is -2.25. The van der Waals surface area contributed by atoms with E-state index in [9.17, 15) is 48.7 Å². The number of rotatable bonds is 7. The molecule has 3 aromatic rings. The molecule has 4 nitrogen and oxygen atoms in total. The minimum Gasteiger partial charge on any atom is -0.496 e. The molecule has 0 saturated carbocycles. The van der Waals surface area contributed by atoms with Crippen molar-refractivity contribution in [3.63, 3.8) is 0 Å². The first-order valence-corrected chi connectivity index (χ1v) is 12.5. The molecule has 0 aliphatic heterocycles. The van der Waals surface area contributed by atoms with Gasteiger partial charge in [0, 0.05) is 24.7 Å². The van der Waals surface area contributed by atoms with E-state index in [-0.39, 0.29) is 40.0 Å². The largest absolute Gasteiger partial charge is 0.496 e. The van der Waals surface area contributed by atoms with Gasteiger partial charge in [0.05, 0.1) is 30.9 Å². The zero-order chi connectivity index (χ0) is 32.5. The minimum atomic E-state index is -5.17. The lowest BCUT2D eigenvalue weighted by atomic mass is 9.92. The molecule has 3 aromatic carbocycles. The molecule has 1 amide bonds. The van der Waals surface area contributed by atoms with E-state index < -0.39 is 65.8 Å². The lowest BCUT2D eigenvalue weighted by molar-refractivity contribution is -0.143. The second-order valence-electron chi connectivity index (χ2n) is 9.84. The molecule has 3 rings (SSSR count). The number of halogens is 10. The Morgan fingerprint density at radius 3 is 1.77 bits per heavy atom. The Balaban J connectivity index is 2.22. The molecule has 0 unspecified atom stereocenters. The summed E-state index contributed by atoms with van der Waals surface area (Å²) < 4.78 is 146. The summed E-state index contributed by atoms with van der Waals surface area (Å²) in [6, 6.07) is 5.56. The van der Waals surface area contributed by atoms with Crippen LogP contribution in [0.15, 0.2) is 48.5 Å². The van der Waals surface area contributed by atoms with Gasteiger partial charge in [-0.2, -0.15) is 39.5 Å². The Labute approximate surface area is 239 Å². The van der Waals surface area contributed by atoms with Crippen LogP contribution in [0, 0.1) is 5.82 Å². The fourth-order valence-electron chi connectivity index (χ4n) is 4.41. The van der Waals surface area contributed by atoms with E-state index in [2.05, 4.69) is 4.74 Å². The van der Waals surface area contributed by atoms with Crippen LogP contribution in [0.2, 0.25) is 0 Å². The van der Waals surface area contributed by atoms with Crippen molar-refractivity contribution < 1.29 is 58.2 Å². The third kappa shape index (κ3) is 7.90. The summed E-state index contributed by atoms with van der Waals surface area (Å²) >= 11 is 0. The van der Waals surface area contributed by atoms with Gasteiger partial charge >= 0.3 is 24.6 Å². The van der Waals surface area contributed by atoms with E-state index in [1.54, 1.807) is 13.8 Å². The third-order valence-corrected chi connectivity index (χ3v) is 6.48. The molecule has 0 N–H and O–H groups in total. The molecular weight excluding hydrogens is 600 g/mol. The van der Waals surface area contributed by atoms with Crippen molar-refractivity contribution in [2.24, 2.45) is 0 Å². The zero-order valence-corrected chi connectivity index (χ0v) is 23.1. The van der Waals surface area contributed by atoms with Gasteiger partial charge in [0.25, 0.3) is 0 Å². The highest BCUT2D eigenvalue weighted by Gasteiger charge is 2.37. The molecule has 0 fully saturated rings. The number of nitrogens with zero attached hydrogens (tertiary/aromatic N) is 1. The highest BCUT2D eigenvalue weighted by Crippen LogP contribution is 2.40. The van der Waals surface area contributed by atoms with E-state index in [0.717, 1.165) is 25.3 Å². The predicted molar refractivity (Wildman–Crippen MR) is 136 cm³/mol. The van der Waals surface area contributed by atoms with Gasteiger partial charge in [-0.15, -0.1) is 0 Å². The second kappa shape index (κ2) is 12.3. The smallest absolute Gasteiger partial charge is 0.416 e. The van der Waals surface area contributed by atoms with Gasteiger partial charge in [-0.3, -0.25) is 4.90 Å². The molecule has 0 aliphatic rings. The molecule has 0 heterocycles. The standard InChI is InChI=1S/C29H25F10NO3/c1-15(2)22-11-23(25(42-3)12-24(22)30)21-6-5-18(27(31,32)33)9-17(21)14-40(26(41)43-4)13-16-7-19(28(34,35)36)10-20(8-16)29(37,38)39/h5-12,15H,13-14H2,1-4H3. The van der Waals surface area contributed by atoms with Gasteiger partial charge < -0.3 is 9.47 Å². The van der Waals surface area contributed by atoms with Crippen LogP contribution >= 0.6 is 0 Å².